The van der Waals surface area contributed by atoms with Crippen molar-refractivity contribution >= 4 is 24.2 Å². The molecule has 46 heavy (non-hydrogen) atoms. The predicted molar refractivity (Wildman–Crippen MR) is 217 cm³/mol. The van der Waals surface area contributed by atoms with Crippen LogP contribution in [0.4, 0.5) is 0 Å². The average molecular weight is 668 g/mol. The van der Waals surface area contributed by atoms with E-state index in [1.54, 1.807) is 12.2 Å². The van der Waals surface area contributed by atoms with Gasteiger partial charge in [-0.3, -0.25) is 5.84 Å². The molecule has 0 saturated heterocycles. The summed E-state index contributed by atoms with van der Waals surface area (Å²) < 4.78 is 0. The molecule has 2 unspecified atom stereocenters. The molecule has 0 bridgehead atoms. The molecule has 0 saturated carbocycles. The average Bonchev–Trinajstić information content (AvgIpc) is 3.47. The van der Waals surface area contributed by atoms with Crippen molar-refractivity contribution in [1.29, 1.82) is 0 Å². The lowest BCUT2D eigenvalue weighted by Gasteiger charge is -2.19. The Morgan fingerprint density at radius 2 is 1.67 bits per heavy atom. The van der Waals surface area contributed by atoms with E-state index in [1.807, 2.05) is 40.7 Å². The molecular formula is C42H67ClN2S. The van der Waals surface area contributed by atoms with Crippen molar-refractivity contribution in [1.82, 2.24) is 5.43 Å². The SMILES string of the molecule is C=C(C)C(C)CC1=CC=C(S)C1.C=C/C1=C/C=C(/C/C(CC)=C(CCC)/C(C)=C(/C=C)CCl)CC#CC1NN.C=CC.CC.CC. The second-order valence-electron chi connectivity index (χ2n) is 10.7. The summed E-state index contributed by atoms with van der Waals surface area (Å²) >= 11 is 10.4. The second kappa shape index (κ2) is 31.1. The van der Waals surface area contributed by atoms with E-state index in [4.69, 9.17) is 17.4 Å². The van der Waals surface area contributed by atoms with Crippen molar-refractivity contribution in [2.45, 2.75) is 120 Å². The molecule has 0 aromatic rings. The Bertz CT molecular complexity index is 1180. The highest BCUT2D eigenvalue weighted by molar-refractivity contribution is 7.84. The first kappa shape index (κ1) is 47.9. The van der Waals surface area contributed by atoms with Gasteiger partial charge in [-0.25, -0.2) is 5.43 Å². The van der Waals surface area contributed by atoms with Crippen molar-refractivity contribution in [2.24, 2.45) is 11.8 Å². The topological polar surface area (TPSA) is 38.0 Å². The Labute approximate surface area is 296 Å². The van der Waals surface area contributed by atoms with Crippen LogP contribution >= 0.6 is 24.2 Å². The quantitative estimate of drug-likeness (QED) is 0.0348. The van der Waals surface area contributed by atoms with Gasteiger partial charge in [-0.15, -0.1) is 30.8 Å². The van der Waals surface area contributed by atoms with Gasteiger partial charge < -0.3 is 0 Å². The summed E-state index contributed by atoms with van der Waals surface area (Å²) in [6, 6.07) is -0.166. The van der Waals surface area contributed by atoms with Gasteiger partial charge in [0.1, 0.15) is 6.04 Å². The first-order valence-electron chi connectivity index (χ1n) is 16.9. The minimum Gasteiger partial charge on any atom is -0.270 e. The van der Waals surface area contributed by atoms with Crippen LogP contribution < -0.4 is 11.3 Å². The molecule has 0 aromatic carbocycles. The van der Waals surface area contributed by atoms with Crippen LogP contribution in [0.25, 0.3) is 0 Å². The molecule has 4 heteroatoms. The van der Waals surface area contributed by atoms with Gasteiger partial charge in [-0.2, -0.15) is 0 Å². The maximum atomic E-state index is 6.13. The van der Waals surface area contributed by atoms with Crippen molar-refractivity contribution in [3.05, 3.63) is 118 Å². The Hall–Kier alpha value is -2.48. The van der Waals surface area contributed by atoms with Crippen molar-refractivity contribution in [2.75, 3.05) is 5.88 Å². The third-order valence-corrected chi connectivity index (χ3v) is 7.85. The monoisotopic (exact) mass is 666 g/mol. The van der Waals surface area contributed by atoms with Crippen LogP contribution in [0.5, 0.6) is 0 Å². The van der Waals surface area contributed by atoms with Crippen molar-refractivity contribution in [3.63, 3.8) is 0 Å². The van der Waals surface area contributed by atoms with E-state index < -0.39 is 0 Å². The van der Waals surface area contributed by atoms with Gasteiger partial charge in [0.25, 0.3) is 0 Å². The fraction of sp³-hybridized carbons (Fsp3) is 0.476. The molecule has 0 spiro atoms. The van der Waals surface area contributed by atoms with Gasteiger partial charge in [0.15, 0.2) is 0 Å². The van der Waals surface area contributed by atoms with E-state index in [1.165, 1.54) is 38.3 Å². The highest BCUT2D eigenvalue weighted by atomic mass is 35.5. The maximum absolute atomic E-state index is 6.13. The van der Waals surface area contributed by atoms with Gasteiger partial charge >= 0.3 is 0 Å². The Balaban J connectivity index is -0.000000802. The number of nitrogens with one attached hydrogen (secondary N) is 1. The number of hydrogen-bond acceptors (Lipinski definition) is 3. The largest absolute Gasteiger partial charge is 0.270 e. The number of rotatable bonds is 13. The van der Waals surface area contributed by atoms with E-state index in [2.05, 4.69) is 115 Å². The summed E-state index contributed by atoms with van der Waals surface area (Å²) in [5.41, 5.74) is 13.0. The van der Waals surface area contributed by atoms with Crippen LogP contribution in [-0.2, 0) is 0 Å². The summed E-state index contributed by atoms with van der Waals surface area (Å²) in [4.78, 5) is 1.18. The highest BCUT2D eigenvalue weighted by Gasteiger charge is 2.13. The number of hydrogen-bond donors (Lipinski definition) is 3. The smallest absolute Gasteiger partial charge is 0.107 e. The number of nitrogens with two attached hydrogens (primary N) is 1. The van der Waals surface area contributed by atoms with E-state index in [0.717, 1.165) is 56.1 Å². The standard InChI is InChI=1S/C24H33ClN2.C11H16S.C3H6.2C2H6/c1-6-11-23(18(5)22(9-4)17-25)21(8-3)16-19-12-10-13-24(27-26)20(7-2)15-14-19;1-8(2)9(3)6-10-4-5-11(12)7-10;1-3-2;2*1-2/h7,9,14-15,24,27H,2,4,6,8,11-12,16-17,26H2,1,3,5H3;4-5,9,12H,1,6-7H2,2-3H3;3H,1H2,2H3;2*1-2H3/b19-14+,20-15-,22-18-,23-21+;;;;. The van der Waals surface area contributed by atoms with Crippen LogP contribution in [0.2, 0.25) is 0 Å². The number of hydrazine groups is 1. The molecule has 0 aromatic heterocycles. The molecule has 2 nitrogen and oxygen atoms in total. The zero-order valence-corrected chi connectivity index (χ0v) is 32.7. The van der Waals surface area contributed by atoms with Crippen LogP contribution in [0.15, 0.2) is 118 Å². The highest BCUT2D eigenvalue weighted by Crippen LogP contribution is 2.31. The van der Waals surface area contributed by atoms with E-state index in [0.29, 0.717) is 11.8 Å². The summed E-state index contributed by atoms with van der Waals surface area (Å²) in [7, 11) is 0. The van der Waals surface area contributed by atoms with Crippen molar-refractivity contribution < 1.29 is 0 Å². The zero-order valence-electron chi connectivity index (χ0n) is 31.1. The Kier molecular flexibility index (Phi) is 32.4. The summed E-state index contributed by atoms with van der Waals surface area (Å²) in [6.07, 6.45) is 21.0. The second-order valence-corrected chi connectivity index (χ2v) is 11.5. The molecule has 258 valence electrons. The molecule has 2 atom stereocenters. The first-order chi connectivity index (χ1) is 22.1. The number of alkyl halides is 1. The fourth-order valence-corrected chi connectivity index (χ4v) is 5.12. The minimum atomic E-state index is -0.166. The molecule has 2 aliphatic carbocycles. The van der Waals surface area contributed by atoms with E-state index in [-0.39, 0.29) is 6.04 Å². The number of halogens is 1. The van der Waals surface area contributed by atoms with E-state index in [9.17, 15) is 0 Å². The van der Waals surface area contributed by atoms with Crippen LogP contribution in [0.1, 0.15) is 114 Å². The summed E-state index contributed by atoms with van der Waals surface area (Å²) in [5, 5.41) is 0. The molecule has 0 radical (unpaired) electrons. The Morgan fingerprint density at radius 3 is 2.09 bits per heavy atom. The lowest BCUT2D eigenvalue weighted by molar-refractivity contribution is 0.668. The summed E-state index contributed by atoms with van der Waals surface area (Å²) in [6.45, 7) is 35.9. The molecule has 2 aliphatic rings. The third kappa shape index (κ3) is 19.9. The molecule has 2 rings (SSSR count). The van der Waals surface area contributed by atoms with Gasteiger partial charge in [0.05, 0.1) is 0 Å². The normalized spacial score (nSPS) is 18.6. The zero-order chi connectivity index (χ0) is 36.1. The molecule has 0 amide bonds. The van der Waals surface area contributed by atoms with Crippen LogP contribution in [0, 0.1) is 17.8 Å². The van der Waals surface area contributed by atoms with Crippen molar-refractivity contribution in [3.8, 4) is 11.8 Å². The first-order valence-corrected chi connectivity index (χ1v) is 17.9. The Morgan fingerprint density at radius 1 is 1.09 bits per heavy atom. The fourth-order valence-electron chi connectivity index (χ4n) is 4.54. The minimum absolute atomic E-state index is 0.166. The number of thiol groups is 1. The molecular weight excluding hydrogens is 600 g/mol. The molecule has 0 fully saturated rings. The van der Waals surface area contributed by atoms with Gasteiger partial charge in [-0.05, 0) is 86.0 Å². The van der Waals surface area contributed by atoms with Gasteiger partial charge in [-0.1, -0.05) is 151 Å². The van der Waals surface area contributed by atoms with Gasteiger partial charge in [0.2, 0.25) is 0 Å². The van der Waals surface area contributed by atoms with Gasteiger partial charge in [0, 0.05) is 12.3 Å². The predicted octanol–water partition coefficient (Wildman–Crippen LogP) is 12.9. The van der Waals surface area contributed by atoms with E-state index >= 15 is 0 Å². The van der Waals surface area contributed by atoms with Crippen LogP contribution in [-0.4, -0.2) is 11.9 Å². The molecule has 0 heterocycles. The van der Waals surface area contributed by atoms with Crippen LogP contribution in [0.3, 0.4) is 0 Å². The molecule has 0 aliphatic heterocycles. The third-order valence-electron chi connectivity index (χ3n) is 7.26. The lowest BCUT2D eigenvalue weighted by Crippen LogP contribution is -2.35. The summed E-state index contributed by atoms with van der Waals surface area (Å²) in [5.74, 6) is 13.1. The maximum Gasteiger partial charge on any atom is 0.107 e. The molecule has 3 N–H and O–H groups in total. The number of allylic oxidation sites excluding steroid dienone is 14. The lowest BCUT2D eigenvalue weighted by atomic mass is 9.88.